The molecule has 1 aromatic carbocycles. The van der Waals surface area contributed by atoms with E-state index >= 15 is 0 Å². The van der Waals surface area contributed by atoms with Crippen molar-refractivity contribution in [2.24, 2.45) is 0 Å². The smallest absolute Gasteiger partial charge is 0.240 e. The van der Waals surface area contributed by atoms with E-state index in [1.807, 2.05) is 12.1 Å². The van der Waals surface area contributed by atoms with E-state index in [0.29, 0.717) is 23.3 Å². The zero-order valence-electron chi connectivity index (χ0n) is 11.7. The topological polar surface area (TPSA) is 71.2 Å². The van der Waals surface area contributed by atoms with E-state index in [-0.39, 0.29) is 12.1 Å². The number of nitrogens with zero attached hydrogens (tertiary/aromatic N) is 2. The lowest BCUT2D eigenvalue weighted by atomic mass is 9.99. The number of aliphatic hydroxyl groups excluding tert-OH is 1. The minimum atomic E-state index is -0.190. The first-order chi connectivity index (χ1) is 10.2. The summed E-state index contributed by atoms with van der Waals surface area (Å²) in [5, 5.41) is 17.5. The Balaban J connectivity index is 1.68. The Hall–Kier alpha value is -1.43. The summed E-state index contributed by atoms with van der Waals surface area (Å²) in [4.78, 5) is 4.37. The van der Waals surface area contributed by atoms with Crippen molar-refractivity contribution < 1.29 is 9.63 Å². The Kier molecular flexibility index (Phi) is 4.24. The van der Waals surface area contributed by atoms with Gasteiger partial charge in [-0.15, -0.1) is 0 Å². The molecule has 0 amide bonds. The predicted molar refractivity (Wildman–Crippen MR) is 79.9 cm³/mol. The molecule has 0 spiro atoms. The molecule has 0 unspecified atom stereocenters. The molecule has 0 aliphatic heterocycles. The van der Waals surface area contributed by atoms with E-state index < -0.39 is 0 Å². The highest BCUT2D eigenvalue weighted by Gasteiger charge is 2.32. The molecule has 21 heavy (non-hydrogen) atoms. The first-order valence-electron chi connectivity index (χ1n) is 7.15. The summed E-state index contributed by atoms with van der Waals surface area (Å²) in [5.41, 5.74) is 0.639. The molecule has 1 aliphatic rings. The van der Waals surface area contributed by atoms with Gasteiger partial charge in [-0.2, -0.15) is 4.98 Å². The van der Waals surface area contributed by atoms with E-state index in [0.717, 1.165) is 31.2 Å². The third-order valence-electron chi connectivity index (χ3n) is 4.03. The molecule has 2 aromatic rings. The van der Waals surface area contributed by atoms with Crippen molar-refractivity contribution in [3.63, 3.8) is 0 Å². The highest BCUT2D eigenvalue weighted by Crippen LogP contribution is 2.29. The zero-order valence-corrected chi connectivity index (χ0v) is 12.4. The van der Waals surface area contributed by atoms with Crippen LogP contribution in [-0.4, -0.2) is 27.4 Å². The van der Waals surface area contributed by atoms with Gasteiger partial charge in [0.15, 0.2) is 0 Å². The zero-order chi connectivity index (χ0) is 14.7. The van der Waals surface area contributed by atoms with Crippen molar-refractivity contribution in [3.05, 3.63) is 35.2 Å². The molecule has 1 aliphatic carbocycles. The second-order valence-electron chi connectivity index (χ2n) is 5.52. The SMILES string of the molecule is OCC1(NCc2nc(-c3cccc(Cl)c3)no2)CCCC1. The lowest BCUT2D eigenvalue weighted by molar-refractivity contribution is 0.158. The van der Waals surface area contributed by atoms with Crippen LogP contribution in [0.1, 0.15) is 31.6 Å². The Labute approximate surface area is 128 Å². The average molecular weight is 308 g/mol. The number of nitrogens with one attached hydrogen (secondary N) is 1. The van der Waals surface area contributed by atoms with Gasteiger partial charge in [0.25, 0.3) is 0 Å². The predicted octanol–water partition coefficient (Wildman–Crippen LogP) is 2.78. The number of aromatic nitrogens is 2. The van der Waals surface area contributed by atoms with Gasteiger partial charge in [0.1, 0.15) is 0 Å². The van der Waals surface area contributed by atoms with Crippen LogP contribution in [0.5, 0.6) is 0 Å². The molecule has 3 rings (SSSR count). The van der Waals surface area contributed by atoms with Crippen LogP contribution >= 0.6 is 11.6 Å². The van der Waals surface area contributed by atoms with Crippen molar-refractivity contribution in [1.29, 1.82) is 0 Å². The molecule has 0 bridgehead atoms. The van der Waals surface area contributed by atoms with E-state index in [4.69, 9.17) is 16.1 Å². The van der Waals surface area contributed by atoms with E-state index in [9.17, 15) is 5.11 Å². The fourth-order valence-electron chi connectivity index (χ4n) is 2.78. The largest absolute Gasteiger partial charge is 0.394 e. The van der Waals surface area contributed by atoms with Crippen LogP contribution in [0.15, 0.2) is 28.8 Å². The van der Waals surface area contributed by atoms with Crippen molar-refractivity contribution in [3.8, 4) is 11.4 Å². The van der Waals surface area contributed by atoms with Gasteiger partial charge in [0.2, 0.25) is 11.7 Å². The summed E-state index contributed by atoms with van der Waals surface area (Å²) in [6, 6.07) is 7.35. The van der Waals surface area contributed by atoms with Crippen LogP contribution < -0.4 is 5.32 Å². The van der Waals surface area contributed by atoms with Crippen molar-refractivity contribution in [2.75, 3.05) is 6.61 Å². The van der Waals surface area contributed by atoms with Crippen LogP contribution in [-0.2, 0) is 6.54 Å². The maximum atomic E-state index is 9.56. The van der Waals surface area contributed by atoms with E-state index in [1.54, 1.807) is 12.1 Å². The number of hydrogen-bond acceptors (Lipinski definition) is 5. The number of benzene rings is 1. The molecule has 0 atom stereocenters. The summed E-state index contributed by atoms with van der Waals surface area (Å²) in [7, 11) is 0. The maximum absolute atomic E-state index is 9.56. The number of aliphatic hydroxyl groups is 1. The highest BCUT2D eigenvalue weighted by molar-refractivity contribution is 6.30. The maximum Gasteiger partial charge on any atom is 0.240 e. The molecule has 112 valence electrons. The molecule has 2 N–H and O–H groups in total. The number of hydrogen-bond donors (Lipinski definition) is 2. The molecule has 6 heteroatoms. The number of halogens is 1. The lowest BCUT2D eigenvalue weighted by Crippen LogP contribution is -2.45. The Morgan fingerprint density at radius 3 is 2.86 bits per heavy atom. The Morgan fingerprint density at radius 1 is 1.33 bits per heavy atom. The molecule has 1 heterocycles. The van der Waals surface area contributed by atoms with Gasteiger partial charge < -0.3 is 14.9 Å². The van der Waals surface area contributed by atoms with Crippen molar-refractivity contribution in [1.82, 2.24) is 15.5 Å². The third-order valence-corrected chi connectivity index (χ3v) is 4.26. The van der Waals surface area contributed by atoms with Crippen LogP contribution in [0, 0.1) is 0 Å². The molecule has 5 nitrogen and oxygen atoms in total. The summed E-state index contributed by atoms with van der Waals surface area (Å²) >= 11 is 5.96. The van der Waals surface area contributed by atoms with Gasteiger partial charge in [0.05, 0.1) is 13.2 Å². The highest BCUT2D eigenvalue weighted by atomic mass is 35.5. The van der Waals surface area contributed by atoms with E-state index in [2.05, 4.69) is 15.5 Å². The fraction of sp³-hybridized carbons (Fsp3) is 0.467. The third kappa shape index (κ3) is 3.26. The van der Waals surface area contributed by atoms with Crippen LogP contribution in [0.4, 0.5) is 0 Å². The van der Waals surface area contributed by atoms with Gasteiger partial charge in [-0.1, -0.05) is 41.7 Å². The first-order valence-corrected chi connectivity index (χ1v) is 7.53. The summed E-state index contributed by atoms with van der Waals surface area (Å²) in [6.45, 7) is 0.608. The Morgan fingerprint density at radius 2 is 2.14 bits per heavy atom. The molecular formula is C15H18ClN3O2. The van der Waals surface area contributed by atoms with Gasteiger partial charge in [-0.3, -0.25) is 0 Å². The standard InChI is InChI=1S/C15H18ClN3O2/c16-12-5-3-4-11(8-12)14-18-13(21-19-14)9-17-15(10-20)6-1-2-7-15/h3-5,8,17,20H,1-2,6-7,9-10H2. The lowest BCUT2D eigenvalue weighted by Gasteiger charge is -2.27. The van der Waals surface area contributed by atoms with Crippen molar-refractivity contribution >= 4 is 11.6 Å². The summed E-state index contributed by atoms with van der Waals surface area (Å²) < 4.78 is 5.26. The van der Waals surface area contributed by atoms with Gasteiger partial charge in [-0.05, 0) is 25.0 Å². The molecule has 1 aromatic heterocycles. The van der Waals surface area contributed by atoms with Gasteiger partial charge >= 0.3 is 0 Å². The molecule has 1 fully saturated rings. The monoisotopic (exact) mass is 307 g/mol. The second kappa shape index (κ2) is 6.13. The van der Waals surface area contributed by atoms with Gasteiger partial charge in [-0.25, -0.2) is 0 Å². The summed E-state index contributed by atoms with van der Waals surface area (Å²) in [5.74, 6) is 1.04. The molecule has 0 radical (unpaired) electrons. The first kappa shape index (κ1) is 14.5. The summed E-state index contributed by atoms with van der Waals surface area (Å²) in [6.07, 6.45) is 4.26. The minimum Gasteiger partial charge on any atom is -0.394 e. The minimum absolute atomic E-state index is 0.141. The second-order valence-corrected chi connectivity index (χ2v) is 5.96. The average Bonchev–Trinajstić information content (AvgIpc) is 3.15. The normalized spacial score (nSPS) is 17.2. The fourth-order valence-corrected chi connectivity index (χ4v) is 2.97. The van der Waals surface area contributed by atoms with Crippen LogP contribution in [0.3, 0.4) is 0 Å². The Bertz CT molecular complexity index is 608. The quantitative estimate of drug-likeness (QED) is 0.889. The molecule has 1 saturated carbocycles. The number of rotatable bonds is 5. The molecule has 0 saturated heterocycles. The van der Waals surface area contributed by atoms with Crippen molar-refractivity contribution in [2.45, 2.75) is 37.8 Å². The van der Waals surface area contributed by atoms with Gasteiger partial charge in [0, 0.05) is 16.1 Å². The van der Waals surface area contributed by atoms with Crippen LogP contribution in [0.25, 0.3) is 11.4 Å². The molecular weight excluding hydrogens is 290 g/mol. The van der Waals surface area contributed by atoms with Crippen LogP contribution in [0.2, 0.25) is 5.02 Å². The van der Waals surface area contributed by atoms with E-state index in [1.165, 1.54) is 0 Å².